The predicted octanol–water partition coefficient (Wildman–Crippen LogP) is 2.74. The van der Waals surface area contributed by atoms with Crippen LogP contribution in [0.25, 0.3) is 0 Å². The topological polar surface area (TPSA) is 56.8 Å². The number of thioether (sulfide) groups is 1. The second-order valence-corrected chi connectivity index (χ2v) is 6.31. The molecule has 1 amide bonds. The minimum atomic E-state index is -0.171. The molecule has 0 radical (unpaired) electrons. The second kappa shape index (κ2) is 7.97. The van der Waals surface area contributed by atoms with Crippen LogP contribution < -0.4 is 19.5 Å². The third-order valence-electron chi connectivity index (χ3n) is 3.52. The highest BCUT2D eigenvalue weighted by atomic mass is 32.2. The summed E-state index contributed by atoms with van der Waals surface area (Å²) in [6.07, 6.45) is -0.171. The van der Waals surface area contributed by atoms with Gasteiger partial charge in [-0.2, -0.15) is 0 Å². The van der Waals surface area contributed by atoms with E-state index in [1.54, 1.807) is 7.11 Å². The predicted molar refractivity (Wildman–Crippen MR) is 93.1 cm³/mol. The molecule has 0 unspecified atom stereocenters. The van der Waals surface area contributed by atoms with E-state index >= 15 is 0 Å². The fourth-order valence-corrected chi connectivity index (χ4v) is 2.99. The van der Waals surface area contributed by atoms with Crippen LogP contribution in [0.3, 0.4) is 0 Å². The van der Waals surface area contributed by atoms with Gasteiger partial charge < -0.3 is 19.5 Å². The van der Waals surface area contributed by atoms with Crippen LogP contribution in [0.1, 0.15) is 0 Å². The lowest BCUT2D eigenvalue weighted by Crippen LogP contribution is -2.41. The van der Waals surface area contributed by atoms with Crippen LogP contribution in [-0.4, -0.2) is 38.0 Å². The number of fused-ring (bicyclic) bond motifs is 1. The molecule has 24 heavy (non-hydrogen) atoms. The average Bonchev–Trinajstić information content (AvgIpc) is 2.65. The molecule has 2 aromatic carbocycles. The Morgan fingerprint density at radius 2 is 1.96 bits per heavy atom. The molecule has 0 fully saturated rings. The zero-order valence-corrected chi connectivity index (χ0v) is 14.2. The highest BCUT2D eigenvalue weighted by Crippen LogP contribution is 2.30. The molecule has 0 bridgehead atoms. The van der Waals surface area contributed by atoms with Crippen LogP contribution in [0, 0.1) is 0 Å². The van der Waals surface area contributed by atoms with Crippen molar-refractivity contribution < 1.29 is 19.0 Å². The first-order valence-electron chi connectivity index (χ1n) is 7.66. The number of para-hydroxylation sites is 2. The highest BCUT2D eigenvalue weighted by molar-refractivity contribution is 8.00. The number of nitrogens with one attached hydrogen (secondary N) is 1. The molecule has 2 aromatic rings. The Balaban J connectivity index is 1.41. The van der Waals surface area contributed by atoms with Gasteiger partial charge >= 0.3 is 0 Å². The van der Waals surface area contributed by atoms with E-state index in [1.165, 1.54) is 11.8 Å². The molecule has 0 aliphatic carbocycles. The summed E-state index contributed by atoms with van der Waals surface area (Å²) in [5, 5.41) is 2.89. The van der Waals surface area contributed by atoms with Crippen LogP contribution in [0.4, 0.5) is 0 Å². The van der Waals surface area contributed by atoms with Crippen molar-refractivity contribution in [2.45, 2.75) is 11.0 Å². The number of carbonyl (C=O) groups is 1. The smallest absolute Gasteiger partial charge is 0.230 e. The number of hydrogen-bond acceptors (Lipinski definition) is 5. The summed E-state index contributed by atoms with van der Waals surface area (Å²) in [5.41, 5.74) is 0. The van der Waals surface area contributed by atoms with Crippen LogP contribution in [0.15, 0.2) is 53.4 Å². The lowest BCUT2D eigenvalue weighted by molar-refractivity contribution is -0.119. The molecule has 0 spiro atoms. The van der Waals surface area contributed by atoms with Crippen molar-refractivity contribution >= 4 is 17.7 Å². The van der Waals surface area contributed by atoms with Crippen LogP contribution in [0.2, 0.25) is 0 Å². The Morgan fingerprint density at radius 1 is 1.21 bits per heavy atom. The second-order valence-electron chi connectivity index (χ2n) is 5.27. The molecule has 1 heterocycles. The lowest BCUT2D eigenvalue weighted by atomic mass is 10.2. The fourth-order valence-electron chi connectivity index (χ4n) is 2.26. The summed E-state index contributed by atoms with van der Waals surface area (Å²) in [7, 11) is 1.63. The standard InChI is InChI=1S/C18H19NO4S/c1-21-13-6-8-15(9-7-13)24-12-18(20)19-10-14-11-22-16-4-2-3-5-17(16)23-14/h2-9,14H,10-12H2,1H3,(H,19,20)/t14-/m1/s1. The van der Waals surface area contributed by atoms with E-state index in [1.807, 2.05) is 48.5 Å². The number of benzene rings is 2. The molecule has 5 nitrogen and oxygen atoms in total. The Hall–Kier alpha value is -2.34. The molecule has 1 aliphatic heterocycles. The Labute approximate surface area is 145 Å². The normalized spacial score (nSPS) is 15.6. The van der Waals surface area contributed by atoms with Crippen LogP contribution >= 0.6 is 11.8 Å². The third-order valence-corrected chi connectivity index (χ3v) is 4.54. The highest BCUT2D eigenvalue weighted by Gasteiger charge is 2.20. The lowest BCUT2D eigenvalue weighted by Gasteiger charge is -2.26. The maximum Gasteiger partial charge on any atom is 0.230 e. The van der Waals surface area contributed by atoms with Gasteiger partial charge in [0.15, 0.2) is 11.5 Å². The van der Waals surface area contributed by atoms with Gasteiger partial charge in [-0.25, -0.2) is 0 Å². The summed E-state index contributed by atoms with van der Waals surface area (Å²) >= 11 is 1.48. The van der Waals surface area contributed by atoms with Gasteiger partial charge in [0.1, 0.15) is 18.5 Å². The minimum Gasteiger partial charge on any atom is -0.497 e. The quantitative estimate of drug-likeness (QED) is 0.816. The molecule has 6 heteroatoms. The van der Waals surface area contributed by atoms with E-state index in [-0.39, 0.29) is 12.0 Å². The number of carbonyl (C=O) groups excluding carboxylic acids is 1. The summed E-state index contributed by atoms with van der Waals surface area (Å²) < 4.78 is 16.5. The van der Waals surface area contributed by atoms with Crippen molar-refractivity contribution in [3.63, 3.8) is 0 Å². The minimum absolute atomic E-state index is 0.0294. The van der Waals surface area contributed by atoms with Gasteiger partial charge in [0.25, 0.3) is 0 Å². The van der Waals surface area contributed by atoms with Gasteiger partial charge in [0.05, 0.1) is 19.4 Å². The number of amides is 1. The molecule has 1 atom stereocenters. The van der Waals surface area contributed by atoms with Crippen molar-refractivity contribution in [3.8, 4) is 17.2 Å². The maximum absolute atomic E-state index is 12.0. The molecule has 1 N–H and O–H groups in total. The molecular formula is C18H19NO4S. The van der Waals surface area contributed by atoms with Gasteiger partial charge in [-0.1, -0.05) is 12.1 Å². The van der Waals surface area contributed by atoms with Crippen molar-refractivity contribution in [2.24, 2.45) is 0 Å². The van der Waals surface area contributed by atoms with Gasteiger partial charge in [-0.3, -0.25) is 4.79 Å². The zero-order valence-electron chi connectivity index (χ0n) is 13.4. The van der Waals surface area contributed by atoms with E-state index in [0.29, 0.717) is 18.9 Å². The Bertz CT molecular complexity index is 690. The first-order valence-corrected chi connectivity index (χ1v) is 8.65. The zero-order chi connectivity index (χ0) is 16.8. The van der Waals surface area contributed by atoms with Crippen LogP contribution in [-0.2, 0) is 4.79 Å². The van der Waals surface area contributed by atoms with Gasteiger partial charge in [-0.15, -0.1) is 11.8 Å². The third kappa shape index (κ3) is 4.35. The monoisotopic (exact) mass is 345 g/mol. The van der Waals surface area contributed by atoms with Gasteiger partial charge in [0.2, 0.25) is 5.91 Å². The van der Waals surface area contributed by atoms with Crippen molar-refractivity contribution in [1.82, 2.24) is 5.32 Å². The van der Waals surface area contributed by atoms with Crippen molar-refractivity contribution in [3.05, 3.63) is 48.5 Å². The Kier molecular flexibility index (Phi) is 5.48. The van der Waals surface area contributed by atoms with E-state index < -0.39 is 0 Å². The summed E-state index contributed by atoms with van der Waals surface area (Å²) in [6.45, 7) is 0.860. The number of rotatable bonds is 6. The van der Waals surface area contributed by atoms with E-state index in [4.69, 9.17) is 14.2 Å². The molecule has 3 rings (SSSR count). The summed E-state index contributed by atoms with van der Waals surface area (Å²) in [4.78, 5) is 13.0. The number of methoxy groups -OCH3 is 1. The van der Waals surface area contributed by atoms with E-state index in [9.17, 15) is 4.79 Å². The molecule has 0 saturated heterocycles. The molecule has 1 aliphatic rings. The number of hydrogen-bond donors (Lipinski definition) is 1. The SMILES string of the molecule is COc1ccc(SCC(=O)NC[C@@H]2COc3ccccc3O2)cc1. The first-order chi connectivity index (χ1) is 11.7. The van der Waals surface area contributed by atoms with Crippen molar-refractivity contribution in [1.29, 1.82) is 0 Å². The van der Waals surface area contributed by atoms with E-state index in [0.717, 1.165) is 22.1 Å². The van der Waals surface area contributed by atoms with Crippen LogP contribution in [0.5, 0.6) is 17.2 Å². The molecule has 0 aromatic heterocycles. The van der Waals surface area contributed by atoms with Gasteiger partial charge in [-0.05, 0) is 36.4 Å². The largest absolute Gasteiger partial charge is 0.497 e. The average molecular weight is 345 g/mol. The molecule has 0 saturated carbocycles. The fraction of sp³-hybridized carbons (Fsp3) is 0.278. The summed E-state index contributed by atoms with van der Waals surface area (Å²) in [6, 6.07) is 15.2. The molecule has 126 valence electrons. The first kappa shape index (κ1) is 16.5. The van der Waals surface area contributed by atoms with Gasteiger partial charge in [0, 0.05) is 4.90 Å². The summed E-state index contributed by atoms with van der Waals surface area (Å²) in [5.74, 6) is 2.60. The maximum atomic E-state index is 12.0. The van der Waals surface area contributed by atoms with Crippen molar-refractivity contribution in [2.75, 3.05) is 26.0 Å². The van der Waals surface area contributed by atoms with E-state index in [2.05, 4.69) is 5.32 Å². The number of ether oxygens (including phenoxy) is 3. The Morgan fingerprint density at radius 3 is 2.71 bits per heavy atom. The molecular weight excluding hydrogens is 326 g/mol.